The van der Waals surface area contributed by atoms with Gasteiger partial charge in [0.05, 0.1) is 10.0 Å². The maximum Gasteiger partial charge on any atom is 0.197 e. The first-order valence-electron chi connectivity index (χ1n) is 5.82. The van der Waals surface area contributed by atoms with Crippen LogP contribution < -0.4 is 0 Å². The summed E-state index contributed by atoms with van der Waals surface area (Å²) in [5.74, 6) is -2.38. The molecule has 1 rings (SSSR count). The number of Topliss-reactive ketones (excluding diaryl/α,β-unsaturated/α-hetero) is 1. The highest BCUT2D eigenvalue weighted by atomic mass is 79.9. The van der Waals surface area contributed by atoms with Crippen molar-refractivity contribution in [3.63, 3.8) is 0 Å². The minimum atomic E-state index is -0.874. The van der Waals surface area contributed by atoms with E-state index >= 15 is 0 Å². The SMILES string of the molecule is CCCC(OCC)C(=O)c1c(F)ccc(Br)c1F. The summed E-state index contributed by atoms with van der Waals surface area (Å²) >= 11 is 2.94. The third-order valence-corrected chi connectivity index (χ3v) is 3.11. The summed E-state index contributed by atoms with van der Waals surface area (Å²) in [6.07, 6.45) is 0.351. The van der Waals surface area contributed by atoms with Gasteiger partial charge in [-0.05, 0) is 41.4 Å². The first-order valence-corrected chi connectivity index (χ1v) is 6.61. The van der Waals surface area contributed by atoms with E-state index in [2.05, 4.69) is 15.9 Å². The van der Waals surface area contributed by atoms with Crippen molar-refractivity contribution in [1.29, 1.82) is 0 Å². The Morgan fingerprint density at radius 2 is 2.06 bits per heavy atom. The Hall–Kier alpha value is -0.810. The zero-order valence-corrected chi connectivity index (χ0v) is 11.9. The third kappa shape index (κ3) is 3.36. The zero-order chi connectivity index (χ0) is 13.7. The van der Waals surface area contributed by atoms with Crippen molar-refractivity contribution in [3.8, 4) is 0 Å². The molecule has 0 N–H and O–H groups in total. The van der Waals surface area contributed by atoms with Gasteiger partial charge in [0.25, 0.3) is 0 Å². The van der Waals surface area contributed by atoms with Crippen LogP contribution in [0.15, 0.2) is 16.6 Å². The summed E-state index contributed by atoms with van der Waals surface area (Å²) in [5, 5.41) is 0. The number of hydrogen-bond acceptors (Lipinski definition) is 2. The van der Waals surface area contributed by atoms with Crippen molar-refractivity contribution in [2.24, 2.45) is 0 Å². The van der Waals surface area contributed by atoms with E-state index in [0.717, 1.165) is 6.07 Å². The molecule has 0 heterocycles. The van der Waals surface area contributed by atoms with Crippen LogP contribution in [0.2, 0.25) is 0 Å². The molecule has 0 aliphatic rings. The van der Waals surface area contributed by atoms with Crippen LogP contribution in [-0.2, 0) is 4.74 Å². The van der Waals surface area contributed by atoms with Crippen LogP contribution in [0.5, 0.6) is 0 Å². The summed E-state index contributed by atoms with van der Waals surface area (Å²) in [5.41, 5.74) is -0.531. The van der Waals surface area contributed by atoms with Gasteiger partial charge in [-0.15, -0.1) is 0 Å². The molecule has 0 bridgehead atoms. The lowest BCUT2D eigenvalue weighted by Gasteiger charge is -2.16. The Bertz CT molecular complexity index is 429. The Morgan fingerprint density at radius 3 is 2.61 bits per heavy atom. The van der Waals surface area contributed by atoms with Gasteiger partial charge in [-0.3, -0.25) is 4.79 Å². The molecule has 0 aliphatic carbocycles. The van der Waals surface area contributed by atoms with E-state index in [1.165, 1.54) is 6.07 Å². The topological polar surface area (TPSA) is 26.3 Å². The minimum Gasteiger partial charge on any atom is -0.370 e. The molecule has 5 heteroatoms. The average Bonchev–Trinajstić information content (AvgIpc) is 2.34. The van der Waals surface area contributed by atoms with Gasteiger partial charge in [0.1, 0.15) is 11.9 Å². The van der Waals surface area contributed by atoms with Crippen LogP contribution in [0.3, 0.4) is 0 Å². The van der Waals surface area contributed by atoms with E-state index in [1.54, 1.807) is 6.92 Å². The van der Waals surface area contributed by atoms with Crippen molar-refractivity contribution in [3.05, 3.63) is 33.8 Å². The van der Waals surface area contributed by atoms with Crippen molar-refractivity contribution in [2.45, 2.75) is 32.8 Å². The standard InChI is InChI=1S/C13H15BrF2O2/c1-3-5-10(18-4-2)13(17)11-9(15)7-6-8(14)12(11)16/h6-7,10H,3-5H2,1-2H3. The molecule has 0 aliphatic heterocycles. The molecule has 2 nitrogen and oxygen atoms in total. The molecule has 0 amide bonds. The molecular formula is C13H15BrF2O2. The number of benzene rings is 1. The smallest absolute Gasteiger partial charge is 0.197 e. The average molecular weight is 321 g/mol. The van der Waals surface area contributed by atoms with E-state index in [9.17, 15) is 13.6 Å². The van der Waals surface area contributed by atoms with E-state index < -0.39 is 29.1 Å². The highest BCUT2D eigenvalue weighted by Gasteiger charge is 2.26. The monoisotopic (exact) mass is 320 g/mol. The molecule has 1 aromatic carbocycles. The van der Waals surface area contributed by atoms with Crippen LogP contribution in [-0.4, -0.2) is 18.5 Å². The highest BCUT2D eigenvalue weighted by Crippen LogP contribution is 2.24. The van der Waals surface area contributed by atoms with E-state index in [0.29, 0.717) is 19.4 Å². The number of ether oxygens (including phenoxy) is 1. The number of carbonyl (C=O) groups excluding carboxylic acids is 1. The molecule has 1 unspecified atom stereocenters. The number of carbonyl (C=O) groups is 1. The second kappa shape index (κ2) is 6.95. The molecule has 0 aromatic heterocycles. The fourth-order valence-corrected chi connectivity index (χ4v) is 2.00. The van der Waals surface area contributed by atoms with Crippen LogP contribution in [0.25, 0.3) is 0 Å². The second-order valence-corrected chi connectivity index (χ2v) is 4.67. The van der Waals surface area contributed by atoms with Crippen molar-refractivity contribution >= 4 is 21.7 Å². The fourth-order valence-electron chi connectivity index (χ4n) is 1.67. The van der Waals surface area contributed by atoms with Gasteiger partial charge >= 0.3 is 0 Å². The largest absolute Gasteiger partial charge is 0.370 e. The van der Waals surface area contributed by atoms with Gasteiger partial charge in [0.2, 0.25) is 0 Å². The predicted molar refractivity (Wildman–Crippen MR) is 68.7 cm³/mol. The molecule has 0 saturated heterocycles. The normalized spacial score (nSPS) is 12.5. The van der Waals surface area contributed by atoms with E-state index in [4.69, 9.17) is 4.74 Å². The summed E-state index contributed by atoms with van der Waals surface area (Å²) in [6.45, 7) is 3.95. The Labute approximate surface area is 113 Å². The number of hydrogen-bond donors (Lipinski definition) is 0. The molecule has 0 fully saturated rings. The van der Waals surface area contributed by atoms with Gasteiger partial charge in [-0.25, -0.2) is 8.78 Å². The zero-order valence-electron chi connectivity index (χ0n) is 10.3. The molecule has 18 heavy (non-hydrogen) atoms. The first kappa shape index (κ1) is 15.2. The van der Waals surface area contributed by atoms with Gasteiger partial charge in [-0.2, -0.15) is 0 Å². The van der Waals surface area contributed by atoms with Crippen LogP contribution in [0.1, 0.15) is 37.0 Å². The van der Waals surface area contributed by atoms with Crippen LogP contribution in [0.4, 0.5) is 8.78 Å². The Balaban J connectivity index is 3.11. The highest BCUT2D eigenvalue weighted by molar-refractivity contribution is 9.10. The molecular weight excluding hydrogens is 306 g/mol. The quantitative estimate of drug-likeness (QED) is 0.582. The van der Waals surface area contributed by atoms with Gasteiger partial charge in [0.15, 0.2) is 11.6 Å². The summed E-state index contributed by atoms with van der Waals surface area (Å²) in [6, 6.07) is 2.30. The van der Waals surface area contributed by atoms with Crippen molar-refractivity contribution in [2.75, 3.05) is 6.61 Å². The van der Waals surface area contributed by atoms with E-state index in [-0.39, 0.29) is 4.47 Å². The van der Waals surface area contributed by atoms with Crippen LogP contribution in [0, 0.1) is 11.6 Å². The second-order valence-electron chi connectivity index (χ2n) is 3.82. The van der Waals surface area contributed by atoms with Crippen molar-refractivity contribution in [1.82, 2.24) is 0 Å². The van der Waals surface area contributed by atoms with Gasteiger partial charge in [-0.1, -0.05) is 13.3 Å². The number of halogens is 3. The summed E-state index contributed by atoms with van der Waals surface area (Å²) in [7, 11) is 0. The minimum absolute atomic E-state index is 0.0685. The van der Waals surface area contributed by atoms with Gasteiger partial charge in [0, 0.05) is 6.61 Å². The fraction of sp³-hybridized carbons (Fsp3) is 0.462. The maximum absolute atomic E-state index is 13.8. The lowest BCUT2D eigenvalue weighted by molar-refractivity contribution is 0.0415. The van der Waals surface area contributed by atoms with E-state index in [1.807, 2.05) is 6.92 Å². The first-order chi connectivity index (χ1) is 8.52. The summed E-state index contributed by atoms with van der Waals surface area (Å²) < 4.78 is 32.7. The molecule has 1 atom stereocenters. The molecule has 0 spiro atoms. The predicted octanol–water partition coefficient (Wildman–Crippen LogP) is 4.12. The summed E-state index contributed by atoms with van der Waals surface area (Å²) in [4.78, 5) is 12.1. The Morgan fingerprint density at radius 1 is 1.39 bits per heavy atom. The lowest BCUT2D eigenvalue weighted by Crippen LogP contribution is -2.26. The van der Waals surface area contributed by atoms with Crippen LogP contribution >= 0.6 is 15.9 Å². The number of rotatable bonds is 6. The number of ketones is 1. The van der Waals surface area contributed by atoms with Crippen molar-refractivity contribution < 1.29 is 18.3 Å². The lowest BCUT2D eigenvalue weighted by atomic mass is 10.0. The van der Waals surface area contributed by atoms with Gasteiger partial charge < -0.3 is 4.74 Å². The molecule has 0 saturated carbocycles. The Kier molecular flexibility index (Phi) is 5.88. The molecule has 100 valence electrons. The third-order valence-electron chi connectivity index (χ3n) is 2.50. The maximum atomic E-state index is 13.8. The molecule has 1 aromatic rings. The molecule has 0 radical (unpaired) electrons.